The fraction of sp³-hybridized carbons (Fsp3) is 0. The van der Waals surface area contributed by atoms with Gasteiger partial charge in [0.05, 0.1) is 11.0 Å². The largest absolute Gasteiger partial charge is 0.355 e. The van der Waals surface area contributed by atoms with Crippen LogP contribution in [0.3, 0.4) is 0 Å². The lowest BCUT2D eigenvalue weighted by Gasteiger charge is -1.99. The second-order valence-corrected chi connectivity index (χ2v) is 4.78. The molecule has 4 rings (SSSR count). The number of aromatic amines is 1. The summed E-state index contributed by atoms with van der Waals surface area (Å²) in [5.41, 5.74) is -0.167. The Morgan fingerprint density at radius 1 is 1.00 bits per heavy atom. The van der Waals surface area contributed by atoms with Gasteiger partial charge in [0.25, 0.3) is 5.56 Å². The molecule has 6 nitrogen and oxygen atoms in total. The zero-order chi connectivity index (χ0) is 15.3. The summed E-state index contributed by atoms with van der Waals surface area (Å²) in [7, 11) is 0. The number of H-pyrrole nitrogens is 1. The van der Waals surface area contributed by atoms with Gasteiger partial charge < -0.3 is 4.98 Å². The number of halogens is 1. The van der Waals surface area contributed by atoms with Crippen molar-refractivity contribution in [2.45, 2.75) is 0 Å². The standard InChI is InChI=1S/C15H9FN4O2/c16-9-5-1-3-7-11(9)20-15(22)19-12-8-4-2-6-10(12)17-14(21)13(19)18-20/h1-8H,(H,17,21). The molecule has 0 saturated heterocycles. The minimum atomic E-state index is -0.595. The van der Waals surface area contributed by atoms with Crippen molar-refractivity contribution in [2.24, 2.45) is 0 Å². The molecule has 4 aromatic rings. The fourth-order valence-corrected chi connectivity index (χ4v) is 2.46. The van der Waals surface area contributed by atoms with Gasteiger partial charge in [-0.3, -0.25) is 4.79 Å². The first-order valence-electron chi connectivity index (χ1n) is 6.54. The van der Waals surface area contributed by atoms with Gasteiger partial charge in [-0.15, -0.1) is 5.10 Å². The number of aromatic nitrogens is 4. The summed E-state index contributed by atoms with van der Waals surface area (Å²) in [4.78, 5) is 27.3. The minimum absolute atomic E-state index is 0.000295. The van der Waals surface area contributed by atoms with Crippen molar-refractivity contribution in [3.05, 3.63) is 75.2 Å². The van der Waals surface area contributed by atoms with E-state index in [9.17, 15) is 14.0 Å². The Bertz CT molecular complexity index is 1140. The molecule has 0 aliphatic heterocycles. The first-order valence-corrected chi connectivity index (χ1v) is 6.54. The molecule has 7 heteroatoms. The molecule has 0 radical (unpaired) electrons. The van der Waals surface area contributed by atoms with Gasteiger partial charge in [-0.2, -0.15) is 4.68 Å². The molecular formula is C15H9FN4O2. The van der Waals surface area contributed by atoms with Gasteiger partial charge in [0, 0.05) is 0 Å². The lowest BCUT2D eigenvalue weighted by Crippen LogP contribution is -2.22. The molecule has 0 aliphatic carbocycles. The van der Waals surface area contributed by atoms with E-state index in [1.807, 2.05) is 0 Å². The number of hydrogen-bond donors (Lipinski definition) is 1. The molecule has 0 bridgehead atoms. The maximum atomic E-state index is 13.9. The van der Waals surface area contributed by atoms with Gasteiger partial charge >= 0.3 is 5.69 Å². The summed E-state index contributed by atoms with van der Waals surface area (Å²) in [6.45, 7) is 0. The molecule has 22 heavy (non-hydrogen) atoms. The van der Waals surface area contributed by atoms with Gasteiger partial charge in [-0.1, -0.05) is 24.3 Å². The van der Waals surface area contributed by atoms with E-state index in [-0.39, 0.29) is 11.3 Å². The monoisotopic (exact) mass is 296 g/mol. The van der Waals surface area contributed by atoms with E-state index in [1.165, 1.54) is 22.6 Å². The van der Waals surface area contributed by atoms with Gasteiger partial charge in [0.15, 0.2) is 0 Å². The topological polar surface area (TPSA) is 72.2 Å². The normalized spacial score (nSPS) is 11.3. The summed E-state index contributed by atoms with van der Waals surface area (Å²) in [5.74, 6) is -0.589. The fourth-order valence-electron chi connectivity index (χ4n) is 2.46. The predicted molar refractivity (Wildman–Crippen MR) is 78.9 cm³/mol. The molecule has 2 aromatic heterocycles. The quantitative estimate of drug-likeness (QED) is 0.578. The summed E-state index contributed by atoms with van der Waals surface area (Å²) in [6.07, 6.45) is 0. The summed E-state index contributed by atoms with van der Waals surface area (Å²) in [6, 6.07) is 12.6. The number of hydrogen-bond acceptors (Lipinski definition) is 3. The number of fused-ring (bicyclic) bond motifs is 3. The molecule has 2 heterocycles. The molecule has 0 spiro atoms. The van der Waals surface area contributed by atoms with Gasteiger partial charge in [-0.05, 0) is 24.3 Å². The lowest BCUT2D eigenvalue weighted by atomic mass is 10.3. The zero-order valence-corrected chi connectivity index (χ0v) is 11.2. The smallest absolute Gasteiger partial charge is 0.317 e. The summed E-state index contributed by atoms with van der Waals surface area (Å²) >= 11 is 0. The molecule has 0 atom stereocenters. The van der Waals surface area contributed by atoms with Crippen LogP contribution < -0.4 is 11.2 Å². The highest BCUT2D eigenvalue weighted by Gasteiger charge is 2.16. The van der Waals surface area contributed by atoms with Crippen LogP contribution in [-0.2, 0) is 0 Å². The van der Waals surface area contributed by atoms with E-state index in [4.69, 9.17) is 0 Å². The second kappa shape index (κ2) is 4.39. The van der Waals surface area contributed by atoms with Crippen molar-refractivity contribution in [3.8, 4) is 5.69 Å². The van der Waals surface area contributed by atoms with Gasteiger partial charge in [-0.25, -0.2) is 13.6 Å². The zero-order valence-electron chi connectivity index (χ0n) is 11.2. The van der Waals surface area contributed by atoms with Crippen LogP contribution in [0.2, 0.25) is 0 Å². The average molecular weight is 296 g/mol. The van der Waals surface area contributed by atoms with Crippen molar-refractivity contribution in [1.29, 1.82) is 0 Å². The Morgan fingerprint density at radius 3 is 2.55 bits per heavy atom. The number of nitrogens with zero attached hydrogens (tertiary/aromatic N) is 3. The Labute approximate surface area is 122 Å². The van der Waals surface area contributed by atoms with Crippen LogP contribution in [-0.4, -0.2) is 19.2 Å². The third kappa shape index (κ3) is 1.62. The van der Waals surface area contributed by atoms with E-state index in [2.05, 4.69) is 10.1 Å². The molecule has 0 amide bonds. The molecule has 108 valence electrons. The van der Waals surface area contributed by atoms with Crippen LogP contribution in [0.4, 0.5) is 4.39 Å². The molecule has 0 aliphatic rings. The van der Waals surface area contributed by atoms with Crippen LogP contribution in [0.25, 0.3) is 22.4 Å². The third-order valence-corrected chi connectivity index (χ3v) is 3.46. The van der Waals surface area contributed by atoms with E-state index in [1.54, 1.807) is 30.3 Å². The Kier molecular flexibility index (Phi) is 2.50. The maximum absolute atomic E-state index is 13.9. The SMILES string of the molecule is O=c1[nH]c2ccccc2n2c(=O)n(-c3ccccc3F)nc12. The van der Waals surface area contributed by atoms with E-state index in [0.29, 0.717) is 11.0 Å². The van der Waals surface area contributed by atoms with Crippen LogP contribution in [0.15, 0.2) is 58.1 Å². The predicted octanol–water partition coefficient (Wildman–Crippen LogP) is 1.47. The Balaban J connectivity index is 2.21. The highest BCUT2D eigenvalue weighted by Crippen LogP contribution is 2.12. The first-order chi connectivity index (χ1) is 10.7. The van der Waals surface area contributed by atoms with Crippen molar-refractivity contribution in [3.63, 3.8) is 0 Å². The van der Waals surface area contributed by atoms with Crippen LogP contribution in [0, 0.1) is 5.82 Å². The molecular weight excluding hydrogens is 287 g/mol. The van der Waals surface area contributed by atoms with Crippen molar-refractivity contribution in [1.82, 2.24) is 19.2 Å². The van der Waals surface area contributed by atoms with Crippen LogP contribution in [0.5, 0.6) is 0 Å². The lowest BCUT2D eigenvalue weighted by molar-refractivity contribution is 0.608. The summed E-state index contributed by atoms with van der Waals surface area (Å²) in [5, 5.41) is 3.98. The molecule has 2 aromatic carbocycles. The van der Waals surface area contributed by atoms with Crippen LogP contribution in [0.1, 0.15) is 0 Å². The molecule has 0 unspecified atom stereocenters. The van der Waals surface area contributed by atoms with Crippen molar-refractivity contribution < 1.29 is 4.39 Å². The number of nitrogens with one attached hydrogen (secondary N) is 1. The van der Waals surface area contributed by atoms with Crippen molar-refractivity contribution >= 4 is 16.7 Å². The van der Waals surface area contributed by atoms with Gasteiger partial charge in [0.1, 0.15) is 11.5 Å². The first kappa shape index (κ1) is 12.5. The molecule has 1 N–H and O–H groups in total. The number of para-hydroxylation sites is 3. The van der Waals surface area contributed by atoms with Gasteiger partial charge in [0.2, 0.25) is 5.65 Å². The number of benzene rings is 2. The Hall–Kier alpha value is -3.22. The minimum Gasteiger partial charge on any atom is -0.317 e. The number of rotatable bonds is 1. The van der Waals surface area contributed by atoms with E-state index >= 15 is 0 Å². The van der Waals surface area contributed by atoms with E-state index in [0.717, 1.165) is 4.68 Å². The highest BCUT2D eigenvalue weighted by atomic mass is 19.1. The summed E-state index contributed by atoms with van der Waals surface area (Å²) < 4.78 is 16.0. The molecule has 0 saturated carbocycles. The van der Waals surface area contributed by atoms with Crippen molar-refractivity contribution in [2.75, 3.05) is 0 Å². The molecule has 0 fully saturated rings. The maximum Gasteiger partial charge on any atom is 0.355 e. The third-order valence-electron chi connectivity index (χ3n) is 3.46. The van der Waals surface area contributed by atoms with E-state index < -0.39 is 17.1 Å². The second-order valence-electron chi connectivity index (χ2n) is 4.78. The average Bonchev–Trinajstić information content (AvgIpc) is 2.87. The Morgan fingerprint density at radius 2 is 1.73 bits per heavy atom. The van der Waals surface area contributed by atoms with Crippen LogP contribution >= 0.6 is 0 Å². The highest BCUT2D eigenvalue weighted by molar-refractivity contribution is 5.76.